The second-order valence-corrected chi connectivity index (χ2v) is 5.73. The van der Waals surface area contributed by atoms with Crippen LogP contribution in [0.1, 0.15) is 42.1 Å². The van der Waals surface area contributed by atoms with E-state index in [1.54, 1.807) is 11.8 Å². The predicted molar refractivity (Wildman–Crippen MR) is 76.6 cm³/mol. The van der Waals surface area contributed by atoms with Crippen molar-refractivity contribution in [2.45, 2.75) is 33.1 Å². The van der Waals surface area contributed by atoms with Crippen molar-refractivity contribution in [3.63, 3.8) is 0 Å². The van der Waals surface area contributed by atoms with E-state index in [0.717, 1.165) is 0 Å². The fourth-order valence-corrected chi connectivity index (χ4v) is 2.88. The summed E-state index contributed by atoms with van der Waals surface area (Å²) in [6.07, 6.45) is 1.76. The molecule has 1 aromatic rings. The lowest BCUT2D eigenvalue weighted by molar-refractivity contribution is -0.152. The van der Waals surface area contributed by atoms with Gasteiger partial charge in [-0.3, -0.25) is 9.59 Å². The van der Waals surface area contributed by atoms with E-state index < -0.39 is 11.4 Å². The number of halogens is 1. The number of benzene rings is 1. The monoisotopic (exact) mass is 293 g/mol. The number of amides is 1. The van der Waals surface area contributed by atoms with Crippen molar-refractivity contribution >= 4 is 11.9 Å². The Hall–Kier alpha value is -1.91. The molecule has 1 unspecified atom stereocenters. The highest BCUT2D eigenvalue weighted by atomic mass is 19.1. The van der Waals surface area contributed by atoms with Crippen LogP contribution in [-0.2, 0) is 4.79 Å². The van der Waals surface area contributed by atoms with Gasteiger partial charge in [-0.15, -0.1) is 0 Å². The molecule has 114 valence electrons. The normalized spacial score (nSPS) is 22.1. The zero-order chi connectivity index (χ0) is 15.6. The van der Waals surface area contributed by atoms with Crippen LogP contribution in [0.25, 0.3) is 0 Å². The van der Waals surface area contributed by atoms with Crippen LogP contribution in [0, 0.1) is 18.2 Å². The molecule has 0 aromatic heterocycles. The molecule has 1 saturated heterocycles. The van der Waals surface area contributed by atoms with E-state index in [-0.39, 0.29) is 18.3 Å². The molecule has 5 heteroatoms. The van der Waals surface area contributed by atoms with Gasteiger partial charge in [0.1, 0.15) is 5.82 Å². The van der Waals surface area contributed by atoms with Gasteiger partial charge in [-0.25, -0.2) is 4.39 Å². The van der Waals surface area contributed by atoms with E-state index in [4.69, 9.17) is 0 Å². The van der Waals surface area contributed by atoms with Gasteiger partial charge in [0.25, 0.3) is 5.91 Å². The highest BCUT2D eigenvalue weighted by Crippen LogP contribution is 2.34. The zero-order valence-corrected chi connectivity index (χ0v) is 12.4. The van der Waals surface area contributed by atoms with Gasteiger partial charge in [0.15, 0.2) is 0 Å². The Labute approximate surface area is 123 Å². The molecule has 4 nitrogen and oxygen atoms in total. The van der Waals surface area contributed by atoms with Crippen LogP contribution < -0.4 is 0 Å². The Morgan fingerprint density at radius 3 is 2.71 bits per heavy atom. The Bertz CT molecular complexity index is 573. The Morgan fingerprint density at radius 2 is 2.14 bits per heavy atom. The summed E-state index contributed by atoms with van der Waals surface area (Å²) in [4.78, 5) is 25.6. The largest absolute Gasteiger partial charge is 0.481 e. The van der Waals surface area contributed by atoms with E-state index in [2.05, 4.69) is 0 Å². The zero-order valence-electron chi connectivity index (χ0n) is 12.4. The van der Waals surface area contributed by atoms with Gasteiger partial charge in [0, 0.05) is 18.7 Å². The Kier molecular flexibility index (Phi) is 4.30. The van der Waals surface area contributed by atoms with Crippen LogP contribution in [0.3, 0.4) is 0 Å². The van der Waals surface area contributed by atoms with Gasteiger partial charge in [-0.1, -0.05) is 6.92 Å². The molecule has 1 heterocycles. The lowest BCUT2D eigenvalue weighted by Crippen LogP contribution is -2.49. The number of carboxylic acid groups (broad SMARTS) is 1. The topological polar surface area (TPSA) is 57.6 Å². The molecule has 1 aliphatic heterocycles. The van der Waals surface area contributed by atoms with Crippen molar-refractivity contribution in [1.82, 2.24) is 4.90 Å². The fraction of sp³-hybridized carbons (Fsp3) is 0.500. The van der Waals surface area contributed by atoms with Crippen molar-refractivity contribution < 1.29 is 19.1 Å². The summed E-state index contributed by atoms with van der Waals surface area (Å²) in [7, 11) is 0. The average Bonchev–Trinajstić information content (AvgIpc) is 2.49. The first-order chi connectivity index (χ1) is 9.89. The number of rotatable bonds is 3. The van der Waals surface area contributed by atoms with E-state index in [9.17, 15) is 19.1 Å². The summed E-state index contributed by atoms with van der Waals surface area (Å²) < 4.78 is 13.3. The van der Waals surface area contributed by atoms with E-state index in [0.29, 0.717) is 36.9 Å². The number of nitrogens with zero attached hydrogens (tertiary/aromatic N) is 1. The molecular weight excluding hydrogens is 273 g/mol. The number of carbonyl (C=O) groups excluding carboxylic acids is 1. The number of hydrogen-bond donors (Lipinski definition) is 1. The smallest absolute Gasteiger partial charge is 0.311 e. The maximum Gasteiger partial charge on any atom is 0.311 e. The summed E-state index contributed by atoms with van der Waals surface area (Å²) in [6, 6.07) is 4.24. The number of likely N-dealkylation sites (tertiary alicyclic amines) is 1. The van der Waals surface area contributed by atoms with Crippen molar-refractivity contribution in [3.8, 4) is 0 Å². The molecule has 1 aromatic carbocycles. The molecule has 0 saturated carbocycles. The minimum Gasteiger partial charge on any atom is -0.481 e. The number of aliphatic carboxylic acids is 1. The third kappa shape index (κ3) is 2.91. The maximum atomic E-state index is 13.3. The SMILES string of the molecule is CCC1(C(=O)O)CCCN(C(=O)c2ccc(F)c(C)c2)C1. The second kappa shape index (κ2) is 5.84. The average molecular weight is 293 g/mol. The first-order valence-corrected chi connectivity index (χ1v) is 7.18. The third-order valence-corrected chi connectivity index (χ3v) is 4.40. The molecule has 0 aliphatic carbocycles. The van der Waals surface area contributed by atoms with Crippen molar-refractivity contribution in [2.75, 3.05) is 13.1 Å². The lowest BCUT2D eigenvalue weighted by Gasteiger charge is -2.39. The first-order valence-electron chi connectivity index (χ1n) is 7.18. The van der Waals surface area contributed by atoms with E-state index in [1.807, 2.05) is 6.92 Å². The molecular formula is C16H20FNO3. The lowest BCUT2D eigenvalue weighted by atomic mass is 9.77. The van der Waals surface area contributed by atoms with E-state index in [1.165, 1.54) is 18.2 Å². The Balaban J connectivity index is 2.22. The summed E-state index contributed by atoms with van der Waals surface area (Å²) in [5, 5.41) is 9.45. The van der Waals surface area contributed by atoms with Gasteiger partial charge < -0.3 is 10.0 Å². The van der Waals surface area contributed by atoms with Gasteiger partial charge in [-0.05, 0) is 49.9 Å². The molecule has 0 radical (unpaired) electrons. The van der Waals surface area contributed by atoms with Crippen LogP contribution in [-0.4, -0.2) is 35.0 Å². The molecule has 1 atom stereocenters. The molecule has 0 bridgehead atoms. The third-order valence-electron chi connectivity index (χ3n) is 4.40. The minimum atomic E-state index is -0.858. The van der Waals surface area contributed by atoms with E-state index >= 15 is 0 Å². The quantitative estimate of drug-likeness (QED) is 0.932. The Morgan fingerprint density at radius 1 is 1.43 bits per heavy atom. The fourth-order valence-electron chi connectivity index (χ4n) is 2.88. The first kappa shape index (κ1) is 15.5. The molecule has 21 heavy (non-hydrogen) atoms. The predicted octanol–water partition coefficient (Wildman–Crippen LogP) is 2.85. The summed E-state index contributed by atoms with van der Waals surface area (Å²) in [5.41, 5.74) is -0.0350. The molecule has 2 rings (SSSR count). The van der Waals surface area contributed by atoms with Gasteiger partial charge >= 0.3 is 5.97 Å². The number of hydrogen-bond acceptors (Lipinski definition) is 2. The molecule has 1 fully saturated rings. The standard InChI is InChI=1S/C16H20FNO3/c1-3-16(15(20)21)7-4-8-18(10-16)14(19)12-5-6-13(17)11(2)9-12/h5-6,9H,3-4,7-8,10H2,1-2H3,(H,20,21). The van der Waals surface area contributed by atoms with Crippen LogP contribution in [0.5, 0.6) is 0 Å². The minimum absolute atomic E-state index is 0.216. The molecule has 0 spiro atoms. The van der Waals surface area contributed by atoms with Crippen LogP contribution in [0.15, 0.2) is 18.2 Å². The molecule has 1 aliphatic rings. The summed E-state index contributed by atoms with van der Waals surface area (Å²) in [5.74, 6) is -1.42. The maximum absolute atomic E-state index is 13.3. The molecule has 1 amide bonds. The van der Waals surface area contributed by atoms with Crippen molar-refractivity contribution in [1.29, 1.82) is 0 Å². The van der Waals surface area contributed by atoms with Crippen LogP contribution in [0.2, 0.25) is 0 Å². The molecule has 1 N–H and O–H groups in total. The number of piperidine rings is 1. The van der Waals surface area contributed by atoms with Gasteiger partial charge in [0.05, 0.1) is 5.41 Å². The number of carbonyl (C=O) groups is 2. The van der Waals surface area contributed by atoms with Crippen LogP contribution >= 0.6 is 0 Å². The number of aryl methyl sites for hydroxylation is 1. The summed E-state index contributed by atoms with van der Waals surface area (Å²) in [6.45, 7) is 4.21. The van der Waals surface area contributed by atoms with Crippen LogP contribution in [0.4, 0.5) is 4.39 Å². The highest BCUT2D eigenvalue weighted by Gasteiger charge is 2.42. The van der Waals surface area contributed by atoms with Gasteiger partial charge in [0.2, 0.25) is 0 Å². The summed E-state index contributed by atoms with van der Waals surface area (Å²) >= 11 is 0. The van der Waals surface area contributed by atoms with Gasteiger partial charge in [-0.2, -0.15) is 0 Å². The van der Waals surface area contributed by atoms with Crippen molar-refractivity contribution in [3.05, 3.63) is 35.1 Å². The second-order valence-electron chi connectivity index (χ2n) is 5.73. The van der Waals surface area contributed by atoms with Crippen molar-refractivity contribution in [2.24, 2.45) is 5.41 Å². The highest BCUT2D eigenvalue weighted by molar-refractivity contribution is 5.95. The number of carboxylic acids is 1.